The van der Waals surface area contributed by atoms with Gasteiger partial charge in [0.2, 0.25) is 0 Å². The summed E-state index contributed by atoms with van der Waals surface area (Å²) in [5.41, 5.74) is 5.55. The fourth-order valence-electron chi connectivity index (χ4n) is 2.83. The van der Waals surface area contributed by atoms with Crippen molar-refractivity contribution in [2.75, 3.05) is 36.0 Å². The van der Waals surface area contributed by atoms with Crippen LogP contribution in [0.3, 0.4) is 0 Å². The number of ether oxygens (including phenoxy) is 2. The minimum atomic E-state index is -2.88. The number of nitrogens with zero attached hydrogens (tertiary/aromatic N) is 2. The number of rotatable bonds is 3. The minimum absolute atomic E-state index is 0.130. The highest BCUT2D eigenvalue weighted by Gasteiger charge is 2.46. The molecule has 1 amide bonds. The Kier molecular flexibility index (Phi) is 4.31. The second kappa shape index (κ2) is 6.05. The summed E-state index contributed by atoms with van der Waals surface area (Å²) < 4.78 is 23.8. The number of benzene rings is 1. The Labute approximate surface area is 141 Å². The van der Waals surface area contributed by atoms with Gasteiger partial charge in [0.05, 0.1) is 17.9 Å². The fraction of sp³-hybridized carbons (Fsp3) is 0.500. The van der Waals surface area contributed by atoms with E-state index in [0.717, 1.165) is 11.0 Å². The summed E-state index contributed by atoms with van der Waals surface area (Å²) in [6.45, 7) is -0.917. The number of aliphatic hydroxyl groups is 4. The lowest BCUT2D eigenvalue weighted by Gasteiger charge is -2.42. The quantitative estimate of drug-likeness (QED) is 0.395. The smallest absolute Gasteiger partial charge is 0.414 e. The van der Waals surface area contributed by atoms with E-state index in [4.69, 9.17) is 10.5 Å². The molecule has 1 aromatic carbocycles. The number of hydrogen-bond donors (Lipinski definition) is 5. The summed E-state index contributed by atoms with van der Waals surface area (Å²) >= 11 is 0. The van der Waals surface area contributed by atoms with E-state index in [0.29, 0.717) is 0 Å². The molecule has 2 aliphatic rings. The predicted molar refractivity (Wildman–Crippen MR) is 80.7 cm³/mol. The number of halogens is 1. The first-order chi connectivity index (χ1) is 11.6. The van der Waals surface area contributed by atoms with Crippen molar-refractivity contribution in [1.82, 2.24) is 0 Å². The summed E-state index contributed by atoms with van der Waals surface area (Å²) in [6.07, 6.45) is -1.13. The van der Waals surface area contributed by atoms with Crippen LogP contribution in [-0.4, -0.2) is 70.7 Å². The molecule has 2 aliphatic heterocycles. The average molecular weight is 359 g/mol. The Hall–Kier alpha value is -2.02. The molecule has 0 saturated carbocycles. The number of cyclic esters (lactones) is 1. The normalized spacial score (nSPS) is 25.2. The number of amides is 1. The zero-order valence-electron chi connectivity index (χ0n) is 13.0. The molecule has 3 rings (SSSR count). The van der Waals surface area contributed by atoms with Gasteiger partial charge in [-0.15, -0.1) is 0 Å². The van der Waals surface area contributed by atoms with Gasteiger partial charge in [-0.05, 0) is 18.2 Å². The van der Waals surface area contributed by atoms with Crippen LogP contribution in [0.15, 0.2) is 18.2 Å². The summed E-state index contributed by atoms with van der Waals surface area (Å²) in [5.74, 6) is -6.56. The maximum absolute atomic E-state index is 14.5. The van der Waals surface area contributed by atoms with E-state index >= 15 is 0 Å². The van der Waals surface area contributed by atoms with Crippen LogP contribution in [0.1, 0.15) is 0 Å². The molecule has 2 fully saturated rings. The van der Waals surface area contributed by atoms with Gasteiger partial charge < -0.3 is 35.8 Å². The van der Waals surface area contributed by atoms with Gasteiger partial charge in [0.15, 0.2) is 0 Å². The lowest BCUT2D eigenvalue weighted by Crippen LogP contribution is -2.62. The van der Waals surface area contributed by atoms with Gasteiger partial charge in [0.1, 0.15) is 25.0 Å². The van der Waals surface area contributed by atoms with Gasteiger partial charge in [-0.1, -0.05) is 0 Å². The van der Waals surface area contributed by atoms with Crippen LogP contribution in [0.5, 0.6) is 0 Å². The van der Waals surface area contributed by atoms with E-state index in [2.05, 4.69) is 4.74 Å². The summed E-state index contributed by atoms with van der Waals surface area (Å²) in [5, 5.41) is 38.1. The molecule has 138 valence electrons. The van der Waals surface area contributed by atoms with Gasteiger partial charge in [-0.3, -0.25) is 9.64 Å². The van der Waals surface area contributed by atoms with Crippen molar-refractivity contribution in [2.45, 2.75) is 18.1 Å². The number of morpholine rings is 1. The molecule has 0 spiro atoms. The zero-order valence-corrected chi connectivity index (χ0v) is 13.0. The van der Waals surface area contributed by atoms with Crippen molar-refractivity contribution in [3.8, 4) is 0 Å². The highest BCUT2D eigenvalue weighted by Crippen LogP contribution is 2.32. The Morgan fingerprint density at radius 2 is 1.88 bits per heavy atom. The molecule has 10 nitrogen and oxygen atoms in total. The van der Waals surface area contributed by atoms with Crippen molar-refractivity contribution in [3.63, 3.8) is 0 Å². The van der Waals surface area contributed by atoms with E-state index in [1.807, 2.05) is 0 Å². The van der Waals surface area contributed by atoms with Gasteiger partial charge in [-0.2, -0.15) is 0 Å². The topological polar surface area (TPSA) is 149 Å². The molecule has 0 aromatic heterocycles. The monoisotopic (exact) mass is 359 g/mol. The Morgan fingerprint density at radius 1 is 1.24 bits per heavy atom. The van der Waals surface area contributed by atoms with Crippen LogP contribution in [0.4, 0.5) is 20.6 Å². The molecule has 2 heterocycles. The second-order valence-electron chi connectivity index (χ2n) is 5.93. The predicted octanol–water partition coefficient (Wildman–Crippen LogP) is -1.78. The Morgan fingerprint density at radius 3 is 2.40 bits per heavy atom. The SMILES string of the molecule is NCC1CN(c2ccc(N3CC(O)(O)OC(O)(O)C3)c(F)c2)C(=O)O1. The first-order valence-electron chi connectivity index (χ1n) is 7.42. The first kappa shape index (κ1) is 17.8. The molecule has 11 heteroatoms. The number of hydrogen-bond acceptors (Lipinski definition) is 9. The highest BCUT2D eigenvalue weighted by atomic mass is 19.1. The molecule has 25 heavy (non-hydrogen) atoms. The van der Waals surface area contributed by atoms with Crippen molar-refractivity contribution in [3.05, 3.63) is 24.0 Å². The molecule has 0 radical (unpaired) electrons. The van der Waals surface area contributed by atoms with Crippen molar-refractivity contribution < 1.29 is 39.1 Å². The summed E-state index contributed by atoms with van der Waals surface area (Å²) in [7, 11) is 0. The zero-order chi connectivity index (χ0) is 18.4. The van der Waals surface area contributed by atoms with Crippen molar-refractivity contribution in [1.29, 1.82) is 0 Å². The van der Waals surface area contributed by atoms with Gasteiger partial charge >= 0.3 is 18.0 Å². The van der Waals surface area contributed by atoms with Crippen molar-refractivity contribution in [2.24, 2.45) is 5.73 Å². The summed E-state index contributed by atoms with van der Waals surface area (Å²) in [4.78, 5) is 14.0. The largest absolute Gasteiger partial charge is 0.443 e. The minimum Gasteiger partial charge on any atom is -0.443 e. The standard InChI is InChI=1S/C14H18FN3O7/c15-10-3-8(18-5-9(4-16)24-12(18)19)1-2-11(10)17-6-13(20,21)25-14(22,23)7-17/h1-3,9,20-23H,4-7,16H2. The molecule has 0 bridgehead atoms. The van der Waals surface area contributed by atoms with Crippen LogP contribution >= 0.6 is 0 Å². The van der Waals surface area contributed by atoms with E-state index < -0.39 is 43.1 Å². The number of nitrogens with two attached hydrogens (primary N) is 1. The van der Waals surface area contributed by atoms with Crippen LogP contribution < -0.4 is 15.5 Å². The molecule has 1 atom stereocenters. The Balaban J connectivity index is 1.84. The van der Waals surface area contributed by atoms with E-state index in [9.17, 15) is 29.6 Å². The van der Waals surface area contributed by atoms with Gasteiger partial charge in [0, 0.05) is 6.54 Å². The molecular weight excluding hydrogens is 341 g/mol. The number of β-amino-alcohol motifs (C(OH)–C–C–N with tert-alkyl or cyclic N) is 4. The molecular formula is C14H18FN3O7. The lowest BCUT2D eigenvalue weighted by molar-refractivity contribution is -0.474. The molecule has 2 saturated heterocycles. The number of carbonyl (C=O) groups excluding carboxylic acids is 1. The average Bonchev–Trinajstić information content (AvgIpc) is 2.85. The third kappa shape index (κ3) is 3.66. The second-order valence-corrected chi connectivity index (χ2v) is 5.93. The fourth-order valence-corrected chi connectivity index (χ4v) is 2.83. The van der Waals surface area contributed by atoms with E-state index in [-0.39, 0.29) is 24.5 Å². The first-order valence-corrected chi connectivity index (χ1v) is 7.42. The molecule has 1 aromatic rings. The third-order valence-electron chi connectivity index (χ3n) is 3.84. The third-order valence-corrected chi connectivity index (χ3v) is 3.84. The molecule has 0 aliphatic carbocycles. The maximum atomic E-state index is 14.5. The van der Waals surface area contributed by atoms with Crippen LogP contribution in [-0.2, 0) is 9.47 Å². The Bertz CT molecular complexity index is 668. The van der Waals surface area contributed by atoms with E-state index in [1.165, 1.54) is 17.0 Å². The van der Waals surface area contributed by atoms with Crippen molar-refractivity contribution >= 4 is 17.5 Å². The molecule has 1 unspecified atom stereocenters. The van der Waals surface area contributed by atoms with Gasteiger partial charge in [0.25, 0.3) is 0 Å². The lowest BCUT2D eigenvalue weighted by atomic mass is 10.2. The van der Waals surface area contributed by atoms with Crippen LogP contribution in [0, 0.1) is 5.82 Å². The van der Waals surface area contributed by atoms with Crippen LogP contribution in [0.25, 0.3) is 0 Å². The summed E-state index contributed by atoms with van der Waals surface area (Å²) in [6, 6.07) is 3.74. The number of carbonyl (C=O) groups is 1. The number of anilines is 2. The van der Waals surface area contributed by atoms with E-state index in [1.54, 1.807) is 0 Å². The molecule has 6 N–H and O–H groups in total. The van der Waals surface area contributed by atoms with Crippen LogP contribution in [0.2, 0.25) is 0 Å². The maximum Gasteiger partial charge on any atom is 0.414 e. The van der Waals surface area contributed by atoms with Gasteiger partial charge in [-0.25, -0.2) is 9.18 Å². The highest BCUT2D eigenvalue weighted by molar-refractivity contribution is 5.90.